The zero-order valence-corrected chi connectivity index (χ0v) is 13.4. The molecule has 1 aliphatic rings. The van der Waals surface area contributed by atoms with Gasteiger partial charge in [0.2, 0.25) is 0 Å². The third kappa shape index (κ3) is 2.61. The standard InChI is InChI=1S/C19H22OSi/c1-2-21(17-11-5-3-6-12-17,18-13-7-4-8-14-18)19-15-9-10-16-20-19/h2-8,11-14,19H,1,9-10,15-16H2. The summed E-state index contributed by atoms with van der Waals surface area (Å²) in [6, 6.07) is 21.7. The summed E-state index contributed by atoms with van der Waals surface area (Å²) in [7, 11) is -2.08. The highest BCUT2D eigenvalue weighted by Gasteiger charge is 2.43. The van der Waals surface area contributed by atoms with Gasteiger partial charge in [-0.2, -0.15) is 0 Å². The van der Waals surface area contributed by atoms with Crippen LogP contribution in [0.1, 0.15) is 19.3 Å². The van der Waals surface area contributed by atoms with E-state index in [1.54, 1.807) is 0 Å². The van der Waals surface area contributed by atoms with Gasteiger partial charge in [0.25, 0.3) is 0 Å². The fraction of sp³-hybridized carbons (Fsp3) is 0.263. The molecule has 0 bridgehead atoms. The van der Waals surface area contributed by atoms with Crippen LogP contribution in [0.4, 0.5) is 0 Å². The van der Waals surface area contributed by atoms with Gasteiger partial charge in [-0.05, 0) is 29.6 Å². The molecular weight excluding hydrogens is 272 g/mol. The molecule has 1 atom stereocenters. The van der Waals surface area contributed by atoms with Crippen molar-refractivity contribution in [3.05, 3.63) is 72.9 Å². The molecule has 1 heterocycles. The minimum Gasteiger partial charge on any atom is -0.380 e. The molecule has 0 spiro atoms. The molecule has 3 rings (SSSR count). The summed E-state index contributed by atoms with van der Waals surface area (Å²) in [4.78, 5) is 0. The van der Waals surface area contributed by atoms with E-state index in [2.05, 4.69) is 72.9 Å². The van der Waals surface area contributed by atoms with Crippen LogP contribution in [-0.4, -0.2) is 20.4 Å². The first-order valence-electron chi connectivity index (χ1n) is 7.74. The Labute approximate surface area is 128 Å². The van der Waals surface area contributed by atoms with E-state index in [1.807, 2.05) is 0 Å². The summed E-state index contributed by atoms with van der Waals surface area (Å²) >= 11 is 0. The quantitative estimate of drug-likeness (QED) is 0.788. The largest absolute Gasteiger partial charge is 0.380 e. The summed E-state index contributed by atoms with van der Waals surface area (Å²) in [5, 5.41) is 2.80. The second kappa shape index (κ2) is 6.42. The molecule has 1 saturated heterocycles. The third-order valence-corrected chi connectivity index (χ3v) is 9.20. The Kier molecular flexibility index (Phi) is 4.37. The van der Waals surface area contributed by atoms with E-state index in [0.29, 0.717) is 5.73 Å². The van der Waals surface area contributed by atoms with E-state index >= 15 is 0 Å². The van der Waals surface area contributed by atoms with Gasteiger partial charge in [-0.15, -0.1) is 6.58 Å². The predicted molar refractivity (Wildman–Crippen MR) is 91.7 cm³/mol. The lowest BCUT2D eigenvalue weighted by Gasteiger charge is -2.39. The van der Waals surface area contributed by atoms with Gasteiger partial charge in [0, 0.05) is 6.61 Å². The molecule has 0 aromatic heterocycles. The topological polar surface area (TPSA) is 9.23 Å². The maximum atomic E-state index is 6.23. The average molecular weight is 294 g/mol. The van der Waals surface area contributed by atoms with Crippen molar-refractivity contribution >= 4 is 18.4 Å². The van der Waals surface area contributed by atoms with E-state index in [0.717, 1.165) is 13.0 Å². The van der Waals surface area contributed by atoms with Crippen LogP contribution in [0.5, 0.6) is 0 Å². The molecule has 1 fully saturated rings. The van der Waals surface area contributed by atoms with Gasteiger partial charge in [0.15, 0.2) is 8.07 Å². The number of hydrogen-bond donors (Lipinski definition) is 0. The number of ether oxygens (including phenoxy) is 1. The van der Waals surface area contributed by atoms with Gasteiger partial charge in [-0.1, -0.05) is 66.4 Å². The highest BCUT2D eigenvalue weighted by molar-refractivity contribution is 7.06. The summed E-state index contributed by atoms with van der Waals surface area (Å²) in [5.41, 5.74) is 2.52. The second-order valence-corrected chi connectivity index (χ2v) is 9.61. The van der Waals surface area contributed by atoms with Crippen molar-refractivity contribution in [3.8, 4) is 0 Å². The molecule has 2 aromatic carbocycles. The van der Waals surface area contributed by atoms with Crippen LogP contribution in [0.15, 0.2) is 72.9 Å². The van der Waals surface area contributed by atoms with Crippen molar-refractivity contribution in [2.45, 2.75) is 25.0 Å². The molecule has 1 aliphatic heterocycles. The summed E-state index contributed by atoms with van der Waals surface area (Å²) in [6.07, 6.45) is 3.58. The van der Waals surface area contributed by atoms with Gasteiger partial charge >= 0.3 is 0 Å². The fourth-order valence-electron chi connectivity index (χ4n) is 3.43. The maximum Gasteiger partial charge on any atom is 0.171 e. The Bertz CT molecular complexity index is 534. The average Bonchev–Trinajstić information content (AvgIpc) is 2.59. The molecule has 0 N–H and O–H groups in total. The zero-order valence-electron chi connectivity index (χ0n) is 12.4. The van der Waals surface area contributed by atoms with Crippen molar-refractivity contribution in [1.29, 1.82) is 0 Å². The normalized spacial score (nSPS) is 19.1. The van der Waals surface area contributed by atoms with E-state index in [4.69, 9.17) is 4.74 Å². The van der Waals surface area contributed by atoms with Crippen molar-refractivity contribution in [2.75, 3.05) is 6.61 Å². The smallest absolute Gasteiger partial charge is 0.171 e. The fourth-order valence-corrected chi connectivity index (χ4v) is 7.77. The van der Waals surface area contributed by atoms with E-state index in [-0.39, 0.29) is 0 Å². The summed E-state index contributed by atoms with van der Waals surface area (Å²) in [5.74, 6) is 0. The minimum absolute atomic E-state index is 0.300. The van der Waals surface area contributed by atoms with Crippen LogP contribution in [0.25, 0.3) is 0 Å². The Balaban J connectivity index is 2.15. The highest BCUT2D eigenvalue weighted by Crippen LogP contribution is 2.23. The van der Waals surface area contributed by atoms with Gasteiger partial charge < -0.3 is 4.74 Å². The molecule has 0 radical (unpaired) electrons. The van der Waals surface area contributed by atoms with Gasteiger partial charge in [-0.3, -0.25) is 0 Å². The van der Waals surface area contributed by atoms with Crippen LogP contribution in [0.2, 0.25) is 0 Å². The van der Waals surface area contributed by atoms with E-state index in [9.17, 15) is 0 Å². The molecule has 1 nitrogen and oxygen atoms in total. The summed E-state index contributed by atoms with van der Waals surface area (Å²) < 4.78 is 6.23. The maximum absolute atomic E-state index is 6.23. The Morgan fingerprint density at radius 1 is 0.905 bits per heavy atom. The predicted octanol–water partition coefficient (Wildman–Crippen LogP) is 3.08. The molecule has 0 saturated carbocycles. The van der Waals surface area contributed by atoms with Crippen LogP contribution in [-0.2, 0) is 4.74 Å². The lowest BCUT2D eigenvalue weighted by atomic mass is 10.2. The first kappa shape index (κ1) is 14.3. The minimum atomic E-state index is -2.08. The van der Waals surface area contributed by atoms with Crippen LogP contribution >= 0.6 is 0 Å². The van der Waals surface area contributed by atoms with Crippen LogP contribution < -0.4 is 10.4 Å². The van der Waals surface area contributed by atoms with E-state index in [1.165, 1.54) is 23.2 Å². The first-order valence-corrected chi connectivity index (χ1v) is 9.89. The van der Waals surface area contributed by atoms with E-state index < -0.39 is 8.07 Å². The van der Waals surface area contributed by atoms with Gasteiger partial charge in [0.1, 0.15) is 0 Å². The number of benzene rings is 2. The Morgan fingerprint density at radius 3 is 1.90 bits per heavy atom. The van der Waals surface area contributed by atoms with Crippen LogP contribution in [0.3, 0.4) is 0 Å². The Morgan fingerprint density at radius 2 is 1.48 bits per heavy atom. The van der Waals surface area contributed by atoms with Crippen molar-refractivity contribution in [1.82, 2.24) is 0 Å². The molecule has 108 valence electrons. The second-order valence-electron chi connectivity index (χ2n) is 5.66. The molecule has 2 heteroatoms. The lowest BCUT2D eigenvalue weighted by molar-refractivity contribution is 0.0624. The first-order chi connectivity index (χ1) is 10.4. The number of hydrogen-bond acceptors (Lipinski definition) is 1. The Hall–Kier alpha value is -1.64. The molecule has 2 aromatic rings. The summed E-state index contributed by atoms with van der Waals surface area (Å²) in [6.45, 7) is 5.12. The lowest BCUT2D eigenvalue weighted by Crippen LogP contribution is -2.66. The molecule has 1 unspecified atom stereocenters. The molecule has 0 amide bonds. The molecule has 21 heavy (non-hydrogen) atoms. The number of rotatable bonds is 4. The van der Waals surface area contributed by atoms with Crippen molar-refractivity contribution in [2.24, 2.45) is 0 Å². The van der Waals surface area contributed by atoms with Crippen molar-refractivity contribution < 1.29 is 4.74 Å². The zero-order chi connectivity index (χ0) is 14.5. The van der Waals surface area contributed by atoms with Gasteiger partial charge in [-0.25, -0.2) is 0 Å². The van der Waals surface area contributed by atoms with Crippen molar-refractivity contribution in [3.63, 3.8) is 0 Å². The monoisotopic (exact) mass is 294 g/mol. The van der Waals surface area contributed by atoms with Crippen LogP contribution in [0, 0.1) is 0 Å². The SMILES string of the molecule is C=C[Si](c1ccccc1)(c1ccccc1)C1CCCCO1. The highest BCUT2D eigenvalue weighted by atomic mass is 28.3. The molecular formula is C19H22OSi. The molecule has 0 aliphatic carbocycles. The van der Waals surface area contributed by atoms with Gasteiger partial charge in [0.05, 0.1) is 5.73 Å². The third-order valence-electron chi connectivity index (χ3n) is 4.51.